The Hall–Kier alpha value is -1.25. The van der Waals surface area contributed by atoms with E-state index >= 15 is 0 Å². The molecule has 10 N–H and O–H groups in total. The van der Waals surface area contributed by atoms with Crippen LogP contribution in [-0.4, -0.2) is 81.4 Å². The van der Waals surface area contributed by atoms with E-state index in [2.05, 4.69) is 33.0 Å². The summed E-state index contributed by atoms with van der Waals surface area (Å²) in [7, 11) is -1.56. The summed E-state index contributed by atoms with van der Waals surface area (Å²) < 4.78 is 12.4. The summed E-state index contributed by atoms with van der Waals surface area (Å²) >= 11 is 0. The van der Waals surface area contributed by atoms with Crippen molar-refractivity contribution in [3.63, 3.8) is 0 Å². The van der Waals surface area contributed by atoms with Crippen LogP contribution >= 0.6 is 12.4 Å². The molecule has 1 aliphatic heterocycles. The van der Waals surface area contributed by atoms with Crippen LogP contribution in [0.4, 0.5) is 0 Å². The van der Waals surface area contributed by atoms with Crippen LogP contribution in [0, 0.1) is 40.9 Å². The van der Waals surface area contributed by atoms with E-state index in [9.17, 15) is 19.5 Å². The fraction of sp³-hybridized carbons (Fsp3) is 0.919. The number of aliphatic carboxylic acids is 1. The first-order valence-corrected chi connectivity index (χ1v) is 19.5. The number of Topliss-reactive ketones (excluding diaryl/α,β-unsaturated/α-hetero) is 1. The zero-order valence-corrected chi connectivity index (χ0v) is 33.8. The summed E-state index contributed by atoms with van der Waals surface area (Å²) in [6.45, 7) is 15.9. The number of amides is 1. The molecule has 0 bridgehead atoms. The Bertz CT molecular complexity index is 1250. The maximum atomic E-state index is 13.7. The number of nitrogens with two attached hydrogens (primary N) is 3. The van der Waals surface area contributed by atoms with Crippen molar-refractivity contribution in [3.8, 4) is 0 Å². The fourth-order valence-corrected chi connectivity index (χ4v) is 10.6. The maximum absolute atomic E-state index is 13.7. The molecule has 5 rings (SSSR count). The number of nitrogens with one attached hydrogen (secondary N) is 1. The first-order valence-electron chi connectivity index (χ1n) is 19.5. The van der Waals surface area contributed by atoms with Crippen molar-refractivity contribution in [1.82, 2.24) is 5.32 Å². The van der Waals surface area contributed by atoms with Gasteiger partial charge in [-0.2, -0.15) is 0 Å². The van der Waals surface area contributed by atoms with E-state index in [-0.39, 0.29) is 84.1 Å². The third-order valence-corrected chi connectivity index (χ3v) is 13.3. The highest BCUT2D eigenvalue weighted by Gasteiger charge is 2.60. The lowest BCUT2D eigenvalue weighted by molar-refractivity contribution is -0.145. The molecule has 298 valence electrons. The molecule has 1 amide bonds. The van der Waals surface area contributed by atoms with Crippen LogP contribution in [0.3, 0.4) is 0 Å². The Morgan fingerprint density at radius 2 is 1.37 bits per heavy atom. The van der Waals surface area contributed by atoms with Gasteiger partial charge in [0.25, 0.3) is 0 Å². The number of carboxylic acids is 1. The van der Waals surface area contributed by atoms with Crippen LogP contribution in [0.1, 0.15) is 126 Å². The number of rotatable bonds is 12. The number of carbonyl (C=O) groups excluding carboxylic acids is 2. The van der Waals surface area contributed by atoms with Gasteiger partial charge in [0.2, 0.25) is 5.91 Å². The molecule has 0 aromatic carbocycles. The van der Waals surface area contributed by atoms with Gasteiger partial charge in [0.15, 0.2) is 0 Å². The van der Waals surface area contributed by atoms with E-state index in [4.69, 9.17) is 36.6 Å². The van der Waals surface area contributed by atoms with Crippen LogP contribution in [-0.2, 0) is 23.7 Å². The molecule has 52 heavy (non-hydrogen) atoms. The number of fused-ring (bicyclic) bond motifs is 2. The summed E-state index contributed by atoms with van der Waals surface area (Å²) in [5.41, 5.74) is 15.6. The Morgan fingerprint density at radius 3 is 1.85 bits per heavy atom. The highest BCUT2D eigenvalue weighted by atomic mass is 35.5. The normalized spacial score (nSPS) is 37.1. The lowest BCUT2D eigenvalue weighted by Crippen LogP contribution is -2.52. The molecule has 4 aliphatic carbocycles. The first-order chi connectivity index (χ1) is 23.4. The zero-order chi connectivity index (χ0) is 38.3. The van der Waals surface area contributed by atoms with E-state index in [1.807, 2.05) is 20.8 Å². The molecule has 0 radical (unpaired) electrons. The van der Waals surface area contributed by atoms with Crippen molar-refractivity contribution in [3.05, 3.63) is 0 Å². The van der Waals surface area contributed by atoms with Crippen LogP contribution in [0.5, 0.6) is 0 Å². The molecular weight excluding hydrogens is 686 g/mol. The minimum atomic E-state index is -1.33. The van der Waals surface area contributed by atoms with Gasteiger partial charge in [0.1, 0.15) is 11.3 Å². The largest absolute Gasteiger partial charge is 0.480 e. The molecule has 4 saturated carbocycles. The van der Waals surface area contributed by atoms with E-state index < -0.39 is 24.0 Å². The van der Waals surface area contributed by atoms with Crippen LogP contribution in [0.2, 0.25) is 12.6 Å². The highest BCUT2D eigenvalue weighted by molar-refractivity contribution is 6.45. The Morgan fingerprint density at radius 1 is 0.865 bits per heavy atom. The molecule has 12 nitrogen and oxygen atoms in total. The van der Waals surface area contributed by atoms with E-state index in [1.165, 1.54) is 0 Å². The number of carbonyl (C=O) groups is 3. The van der Waals surface area contributed by atoms with Crippen molar-refractivity contribution in [2.75, 3.05) is 0 Å². The topological polar surface area (TPSA) is 220 Å². The summed E-state index contributed by atoms with van der Waals surface area (Å²) in [6.07, 6.45) is 9.24. The van der Waals surface area contributed by atoms with Gasteiger partial charge in [-0.15, -0.1) is 12.4 Å². The SMILES string of the molecule is CC(=O)CC1(C(=O)NC(C)(C)C)C[C@H]2CC(N)C[C@H]2C1CCCB1OC(C)(C)C(C)(C)O1.Cl.NC1C[C@@H]2CC(N)(C(=O)O)C(CCCB(O)O)[C@@H]2C1. The van der Waals surface area contributed by atoms with Gasteiger partial charge >= 0.3 is 20.2 Å². The third-order valence-electron chi connectivity index (χ3n) is 13.3. The Kier molecular flexibility index (Phi) is 14.6. The van der Waals surface area contributed by atoms with Gasteiger partial charge in [-0.05, 0) is 155 Å². The Labute approximate surface area is 318 Å². The quantitative estimate of drug-likeness (QED) is 0.142. The minimum absolute atomic E-state index is 0. The highest BCUT2D eigenvalue weighted by Crippen LogP contribution is 2.60. The predicted molar refractivity (Wildman–Crippen MR) is 206 cm³/mol. The van der Waals surface area contributed by atoms with Crippen molar-refractivity contribution < 1.29 is 38.8 Å². The number of halogens is 1. The van der Waals surface area contributed by atoms with E-state index in [0.29, 0.717) is 43.4 Å². The number of hydrogen-bond donors (Lipinski definition) is 7. The lowest BCUT2D eigenvalue weighted by Gasteiger charge is -2.38. The van der Waals surface area contributed by atoms with Gasteiger partial charge in [0, 0.05) is 24.0 Å². The fourth-order valence-electron chi connectivity index (χ4n) is 10.6. The summed E-state index contributed by atoms with van der Waals surface area (Å²) in [5, 5.41) is 30.4. The molecule has 10 atom stereocenters. The van der Waals surface area contributed by atoms with Gasteiger partial charge in [-0.1, -0.05) is 12.8 Å². The van der Waals surface area contributed by atoms with Crippen molar-refractivity contribution in [2.45, 2.75) is 173 Å². The number of carboxylic acid groups (broad SMARTS) is 1. The maximum Gasteiger partial charge on any atom is 0.457 e. The average molecular weight is 755 g/mol. The van der Waals surface area contributed by atoms with Gasteiger partial charge in [-0.3, -0.25) is 14.4 Å². The average Bonchev–Trinajstić information content (AvgIpc) is 3.69. The molecule has 6 unspecified atom stereocenters. The first kappa shape index (κ1) is 45.1. The molecule has 0 aromatic rings. The third kappa shape index (κ3) is 9.94. The smallest absolute Gasteiger partial charge is 0.457 e. The monoisotopic (exact) mass is 754 g/mol. The van der Waals surface area contributed by atoms with Gasteiger partial charge < -0.3 is 47.0 Å². The van der Waals surface area contributed by atoms with Crippen LogP contribution < -0.4 is 22.5 Å². The van der Waals surface area contributed by atoms with E-state index in [0.717, 1.165) is 51.3 Å². The summed E-state index contributed by atoms with van der Waals surface area (Å²) in [5.74, 6) is 0.664. The van der Waals surface area contributed by atoms with Gasteiger partial charge in [-0.25, -0.2) is 0 Å². The van der Waals surface area contributed by atoms with Crippen molar-refractivity contribution >= 4 is 44.3 Å². The molecular formula is C37H69B2ClN4O8. The molecule has 1 heterocycles. The van der Waals surface area contributed by atoms with Crippen LogP contribution in [0.25, 0.3) is 0 Å². The standard InChI is InChI=1S/C25H45BN2O4.C12H23BN2O4.ClH/c1-16(29)14-25(21(30)28-22(2,3)4)15-17-12-18(27)13-19(17)20(25)10-9-11-26-31-23(5,6)24(7,8)32-26;14-8-4-7-6-12(15,11(16)17)10(9(7)5-8)2-1-3-13(18)19;/h17-20H,9-15,27H2,1-8H3,(H,28,30);7-10,18-19H,1-6,14-15H2,(H,16,17);1H/t17-,18?,19-,20?,25?;7-,8?,9-,10?,12?;/m11./s1. The lowest BCUT2D eigenvalue weighted by atomic mass is 9.67. The number of hydrogen-bond acceptors (Lipinski definition) is 10. The molecule has 5 fully saturated rings. The molecule has 5 aliphatic rings. The predicted octanol–water partition coefficient (Wildman–Crippen LogP) is 3.93. The van der Waals surface area contributed by atoms with Crippen LogP contribution in [0.15, 0.2) is 0 Å². The number of ketones is 1. The zero-order valence-electron chi connectivity index (χ0n) is 33.0. The second-order valence-electron chi connectivity index (χ2n) is 19.0. The Balaban J connectivity index is 0.000000311. The summed E-state index contributed by atoms with van der Waals surface area (Å²) in [4.78, 5) is 37.6. The van der Waals surface area contributed by atoms with Crippen molar-refractivity contribution in [1.29, 1.82) is 0 Å². The second-order valence-corrected chi connectivity index (χ2v) is 19.0. The molecule has 1 saturated heterocycles. The van der Waals surface area contributed by atoms with Crippen molar-refractivity contribution in [2.24, 2.45) is 58.1 Å². The van der Waals surface area contributed by atoms with E-state index in [1.54, 1.807) is 6.92 Å². The molecule has 15 heteroatoms. The molecule has 0 aromatic heterocycles. The minimum Gasteiger partial charge on any atom is -0.480 e. The molecule has 0 spiro atoms. The second kappa shape index (κ2) is 16.9. The van der Waals surface area contributed by atoms with Gasteiger partial charge in [0.05, 0.1) is 16.6 Å². The summed E-state index contributed by atoms with van der Waals surface area (Å²) in [6, 6.07) is 0.357.